The molecule has 1 aromatic rings. The van der Waals surface area contributed by atoms with Gasteiger partial charge in [0.2, 0.25) is 0 Å². The third kappa shape index (κ3) is 4.81. The SMILES string of the molecule is CCN(CCOc1cccc(Br)c1)C1CCCCC1. The van der Waals surface area contributed by atoms with Gasteiger partial charge in [0.05, 0.1) is 0 Å². The van der Waals surface area contributed by atoms with E-state index in [0.29, 0.717) is 0 Å². The highest BCUT2D eigenvalue weighted by atomic mass is 79.9. The fourth-order valence-corrected chi connectivity index (χ4v) is 3.26. The normalized spacial score (nSPS) is 16.8. The van der Waals surface area contributed by atoms with Crippen LogP contribution >= 0.6 is 15.9 Å². The van der Waals surface area contributed by atoms with Crippen molar-refractivity contribution in [2.75, 3.05) is 19.7 Å². The van der Waals surface area contributed by atoms with Gasteiger partial charge < -0.3 is 4.74 Å². The molecule has 0 N–H and O–H groups in total. The van der Waals surface area contributed by atoms with Crippen LogP contribution in [0.1, 0.15) is 39.0 Å². The summed E-state index contributed by atoms with van der Waals surface area (Å²) in [5, 5.41) is 0. The van der Waals surface area contributed by atoms with Gasteiger partial charge in [-0.05, 0) is 37.6 Å². The van der Waals surface area contributed by atoms with Crippen LogP contribution in [0.3, 0.4) is 0 Å². The monoisotopic (exact) mass is 325 g/mol. The summed E-state index contributed by atoms with van der Waals surface area (Å²) in [6, 6.07) is 8.86. The van der Waals surface area contributed by atoms with Crippen molar-refractivity contribution in [1.29, 1.82) is 0 Å². The largest absolute Gasteiger partial charge is 0.492 e. The van der Waals surface area contributed by atoms with Gasteiger partial charge in [-0.3, -0.25) is 4.90 Å². The standard InChI is InChI=1S/C16H24BrNO/c1-2-18(15-8-4-3-5-9-15)11-12-19-16-10-6-7-14(17)13-16/h6-7,10,13,15H,2-5,8-9,11-12H2,1H3. The second kappa shape index (κ2) is 7.91. The topological polar surface area (TPSA) is 12.5 Å². The second-order valence-corrected chi connectivity index (χ2v) is 6.14. The summed E-state index contributed by atoms with van der Waals surface area (Å²) in [4.78, 5) is 2.58. The first-order valence-electron chi connectivity index (χ1n) is 7.42. The van der Waals surface area contributed by atoms with E-state index < -0.39 is 0 Å². The number of benzene rings is 1. The Morgan fingerprint density at radius 1 is 1.26 bits per heavy atom. The molecule has 2 rings (SSSR count). The first kappa shape index (κ1) is 14.9. The zero-order chi connectivity index (χ0) is 13.5. The number of hydrogen-bond acceptors (Lipinski definition) is 2. The van der Waals surface area contributed by atoms with Gasteiger partial charge in [-0.15, -0.1) is 0 Å². The van der Waals surface area contributed by atoms with E-state index in [1.165, 1.54) is 32.1 Å². The summed E-state index contributed by atoms with van der Waals surface area (Å²) < 4.78 is 6.91. The van der Waals surface area contributed by atoms with Crippen molar-refractivity contribution >= 4 is 15.9 Å². The van der Waals surface area contributed by atoms with Gasteiger partial charge in [0, 0.05) is 17.1 Å². The van der Waals surface area contributed by atoms with Gasteiger partial charge in [-0.25, -0.2) is 0 Å². The molecule has 1 aliphatic carbocycles. The zero-order valence-electron chi connectivity index (χ0n) is 11.8. The van der Waals surface area contributed by atoms with E-state index in [-0.39, 0.29) is 0 Å². The van der Waals surface area contributed by atoms with Crippen LogP contribution in [0.4, 0.5) is 0 Å². The van der Waals surface area contributed by atoms with E-state index >= 15 is 0 Å². The molecule has 1 saturated carbocycles. The van der Waals surface area contributed by atoms with Gasteiger partial charge in [-0.1, -0.05) is 48.2 Å². The van der Waals surface area contributed by atoms with Crippen molar-refractivity contribution in [2.24, 2.45) is 0 Å². The average molecular weight is 326 g/mol. The molecule has 0 saturated heterocycles. The molecule has 0 spiro atoms. The average Bonchev–Trinajstić information content (AvgIpc) is 2.45. The molecule has 2 nitrogen and oxygen atoms in total. The predicted molar refractivity (Wildman–Crippen MR) is 83.8 cm³/mol. The number of ether oxygens (including phenoxy) is 1. The summed E-state index contributed by atoms with van der Waals surface area (Å²) in [6.45, 7) is 5.20. The third-order valence-corrected chi connectivity index (χ3v) is 4.43. The van der Waals surface area contributed by atoms with Gasteiger partial charge in [0.1, 0.15) is 12.4 Å². The van der Waals surface area contributed by atoms with Gasteiger partial charge >= 0.3 is 0 Å². The van der Waals surface area contributed by atoms with Crippen LogP contribution in [0.5, 0.6) is 5.75 Å². The first-order chi connectivity index (χ1) is 9.29. The molecule has 3 heteroatoms. The van der Waals surface area contributed by atoms with Gasteiger partial charge in [0.25, 0.3) is 0 Å². The van der Waals surface area contributed by atoms with E-state index in [0.717, 1.165) is 36.0 Å². The Labute approximate surface area is 125 Å². The molecule has 106 valence electrons. The van der Waals surface area contributed by atoms with Crippen molar-refractivity contribution in [3.05, 3.63) is 28.7 Å². The van der Waals surface area contributed by atoms with Crippen LogP contribution < -0.4 is 4.74 Å². The van der Waals surface area contributed by atoms with Gasteiger partial charge in [-0.2, -0.15) is 0 Å². The molecule has 0 unspecified atom stereocenters. The molecule has 0 atom stereocenters. The van der Waals surface area contributed by atoms with Crippen molar-refractivity contribution < 1.29 is 4.74 Å². The Morgan fingerprint density at radius 3 is 2.74 bits per heavy atom. The van der Waals surface area contributed by atoms with Crippen molar-refractivity contribution in [3.8, 4) is 5.75 Å². The first-order valence-corrected chi connectivity index (χ1v) is 8.21. The van der Waals surface area contributed by atoms with Crippen molar-refractivity contribution in [2.45, 2.75) is 45.1 Å². The van der Waals surface area contributed by atoms with E-state index in [2.05, 4.69) is 27.8 Å². The van der Waals surface area contributed by atoms with Crippen LogP contribution in [0.15, 0.2) is 28.7 Å². The summed E-state index contributed by atoms with van der Waals surface area (Å²) in [5.74, 6) is 0.953. The van der Waals surface area contributed by atoms with Crippen molar-refractivity contribution in [3.63, 3.8) is 0 Å². The number of hydrogen-bond donors (Lipinski definition) is 0. The maximum absolute atomic E-state index is 5.84. The fraction of sp³-hybridized carbons (Fsp3) is 0.625. The minimum absolute atomic E-state index is 0.779. The Kier molecular flexibility index (Phi) is 6.18. The van der Waals surface area contributed by atoms with Gasteiger partial charge in [0.15, 0.2) is 0 Å². The lowest BCUT2D eigenvalue weighted by Crippen LogP contribution is -2.39. The molecule has 0 radical (unpaired) electrons. The third-order valence-electron chi connectivity index (χ3n) is 3.94. The molecule has 0 bridgehead atoms. The summed E-state index contributed by atoms with van der Waals surface area (Å²) >= 11 is 3.47. The Morgan fingerprint density at radius 2 is 2.05 bits per heavy atom. The lowest BCUT2D eigenvalue weighted by Gasteiger charge is -2.33. The zero-order valence-corrected chi connectivity index (χ0v) is 13.4. The van der Waals surface area contributed by atoms with E-state index in [1.807, 2.05) is 24.3 Å². The lowest BCUT2D eigenvalue weighted by atomic mass is 9.94. The number of nitrogens with zero attached hydrogens (tertiary/aromatic N) is 1. The Hall–Kier alpha value is -0.540. The van der Waals surface area contributed by atoms with Crippen LogP contribution in [0, 0.1) is 0 Å². The smallest absolute Gasteiger partial charge is 0.120 e. The molecular formula is C16H24BrNO. The van der Waals surface area contributed by atoms with E-state index in [4.69, 9.17) is 4.74 Å². The molecule has 1 aromatic carbocycles. The quantitative estimate of drug-likeness (QED) is 0.764. The maximum atomic E-state index is 5.84. The van der Waals surface area contributed by atoms with Crippen LogP contribution in [-0.4, -0.2) is 30.6 Å². The molecule has 1 aliphatic rings. The van der Waals surface area contributed by atoms with Crippen molar-refractivity contribution in [1.82, 2.24) is 4.90 Å². The van der Waals surface area contributed by atoms with E-state index in [1.54, 1.807) is 0 Å². The van der Waals surface area contributed by atoms with Crippen LogP contribution in [-0.2, 0) is 0 Å². The second-order valence-electron chi connectivity index (χ2n) is 5.23. The molecule has 0 amide bonds. The lowest BCUT2D eigenvalue weighted by molar-refractivity contribution is 0.137. The highest BCUT2D eigenvalue weighted by Crippen LogP contribution is 2.22. The minimum Gasteiger partial charge on any atom is -0.492 e. The summed E-state index contributed by atoms with van der Waals surface area (Å²) in [5.41, 5.74) is 0. The number of halogens is 1. The van der Waals surface area contributed by atoms with Crippen LogP contribution in [0.25, 0.3) is 0 Å². The maximum Gasteiger partial charge on any atom is 0.120 e. The fourth-order valence-electron chi connectivity index (χ4n) is 2.88. The minimum atomic E-state index is 0.779. The number of likely N-dealkylation sites (N-methyl/N-ethyl adjacent to an activating group) is 1. The molecule has 0 aliphatic heterocycles. The summed E-state index contributed by atoms with van der Waals surface area (Å²) in [7, 11) is 0. The number of rotatable bonds is 6. The molecule has 19 heavy (non-hydrogen) atoms. The molecule has 1 fully saturated rings. The molecule has 0 heterocycles. The highest BCUT2D eigenvalue weighted by molar-refractivity contribution is 9.10. The Bertz CT molecular complexity index is 377. The molecular weight excluding hydrogens is 302 g/mol. The van der Waals surface area contributed by atoms with E-state index in [9.17, 15) is 0 Å². The van der Waals surface area contributed by atoms with Crippen LogP contribution in [0.2, 0.25) is 0 Å². The summed E-state index contributed by atoms with van der Waals surface area (Å²) in [6.07, 6.45) is 6.94. The molecule has 0 aromatic heterocycles. The highest BCUT2D eigenvalue weighted by Gasteiger charge is 2.19. The predicted octanol–water partition coefficient (Wildman–Crippen LogP) is 4.48. The Balaban J connectivity index is 1.76.